The molecule has 0 aromatic heterocycles. The molecule has 0 bridgehead atoms. The summed E-state index contributed by atoms with van der Waals surface area (Å²) in [4.78, 5) is 62.2. The highest BCUT2D eigenvalue weighted by Crippen LogP contribution is 2.44. The summed E-state index contributed by atoms with van der Waals surface area (Å²) in [7, 11) is -3.62. The molecule has 1 aliphatic carbocycles. The van der Waals surface area contributed by atoms with Crippen LogP contribution in [-0.4, -0.2) is 79.5 Å². The Labute approximate surface area is 267 Å². The Balaban J connectivity index is 1.73. The van der Waals surface area contributed by atoms with E-state index in [0.717, 1.165) is 40.0 Å². The molecule has 46 heavy (non-hydrogen) atoms. The zero-order chi connectivity index (χ0) is 34.0. The van der Waals surface area contributed by atoms with Gasteiger partial charge in [-0.25, -0.2) is 13.2 Å². The maximum atomic E-state index is 13.4. The standard InChI is InChI=1S/C32H39N3O10S/c1-4-19(2)29(31(41)33-20(17-28(38)39)15-16-46(3,43)44)35-30(40)26(13-14-27(36)37)34-32(42)45-18-25-23-11-7-5-9-21(23)22-10-6-8-12-24(22)25/h5-12,15-16,19-20,25-26,29H,4,13-14,17-18H2,1-3H3,(H,33,41)(H,34,42)(H,35,40)(H,36,37)(H,38,39)/b16-15+/t19?,20-,26+,29+/m1/s1. The highest BCUT2D eigenvalue weighted by molar-refractivity contribution is 7.93. The fraction of sp³-hybridized carbons (Fsp3) is 0.406. The van der Waals surface area contributed by atoms with Gasteiger partial charge in [-0.05, 0) is 34.6 Å². The van der Waals surface area contributed by atoms with Crippen LogP contribution in [-0.2, 0) is 33.8 Å². The molecule has 248 valence electrons. The number of alkyl carbamates (subject to hydrolysis) is 1. The van der Waals surface area contributed by atoms with Crippen LogP contribution in [0.5, 0.6) is 0 Å². The Morgan fingerprint density at radius 3 is 2.00 bits per heavy atom. The first-order valence-electron chi connectivity index (χ1n) is 14.7. The summed E-state index contributed by atoms with van der Waals surface area (Å²) >= 11 is 0. The second-order valence-electron chi connectivity index (χ2n) is 11.2. The molecule has 14 heteroatoms. The summed E-state index contributed by atoms with van der Waals surface area (Å²) in [6.07, 6.45) is -0.0103. The molecular weight excluding hydrogens is 618 g/mol. The number of hydrogen-bond acceptors (Lipinski definition) is 8. The lowest BCUT2D eigenvalue weighted by molar-refractivity contribution is -0.139. The number of ether oxygens (including phenoxy) is 1. The molecule has 3 rings (SSSR count). The first-order chi connectivity index (χ1) is 21.7. The molecule has 13 nitrogen and oxygen atoms in total. The fourth-order valence-corrected chi connectivity index (χ4v) is 5.62. The molecule has 3 amide bonds. The second kappa shape index (κ2) is 16.0. The molecule has 0 saturated carbocycles. The number of sulfone groups is 1. The molecule has 1 unspecified atom stereocenters. The van der Waals surface area contributed by atoms with E-state index < -0.39 is 76.6 Å². The number of carboxylic acids is 2. The number of aliphatic carboxylic acids is 2. The third-order valence-electron chi connectivity index (χ3n) is 7.67. The van der Waals surface area contributed by atoms with Crippen LogP contribution >= 0.6 is 0 Å². The summed E-state index contributed by atoms with van der Waals surface area (Å²) < 4.78 is 28.6. The van der Waals surface area contributed by atoms with Crippen LogP contribution in [0.25, 0.3) is 11.1 Å². The van der Waals surface area contributed by atoms with Crippen molar-refractivity contribution >= 4 is 39.7 Å². The predicted molar refractivity (Wildman–Crippen MR) is 168 cm³/mol. The summed E-state index contributed by atoms with van der Waals surface area (Å²) in [6, 6.07) is 11.7. The molecule has 2 aromatic carbocycles. The molecule has 0 heterocycles. The molecule has 2 aromatic rings. The lowest BCUT2D eigenvalue weighted by Crippen LogP contribution is -2.57. The van der Waals surface area contributed by atoms with Crippen molar-refractivity contribution in [2.75, 3.05) is 12.9 Å². The van der Waals surface area contributed by atoms with E-state index >= 15 is 0 Å². The number of carbonyl (C=O) groups excluding carboxylic acids is 3. The van der Waals surface area contributed by atoms with E-state index in [1.807, 2.05) is 48.5 Å². The van der Waals surface area contributed by atoms with E-state index in [1.165, 1.54) is 0 Å². The summed E-state index contributed by atoms with van der Waals surface area (Å²) in [5.74, 6) is -4.88. The Hall–Kier alpha value is -4.72. The number of fused-ring (bicyclic) bond motifs is 3. The monoisotopic (exact) mass is 657 g/mol. The number of nitrogens with one attached hydrogen (secondary N) is 3. The zero-order valence-electron chi connectivity index (χ0n) is 25.8. The van der Waals surface area contributed by atoms with Crippen molar-refractivity contribution in [1.82, 2.24) is 16.0 Å². The average molecular weight is 658 g/mol. The van der Waals surface area contributed by atoms with Gasteiger partial charge in [0.05, 0.1) is 12.5 Å². The highest BCUT2D eigenvalue weighted by Gasteiger charge is 2.33. The Bertz CT molecular complexity index is 1540. The van der Waals surface area contributed by atoms with Crippen molar-refractivity contribution in [2.24, 2.45) is 5.92 Å². The Morgan fingerprint density at radius 1 is 0.891 bits per heavy atom. The smallest absolute Gasteiger partial charge is 0.407 e. The van der Waals surface area contributed by atoms with Crippen LogP contribution in [0.3, 0.4) is 0 Å². The third kappa shape index (κ3) is 10.2. The van der Waals surface area contributed by atoms with Gasteiger partial charge in [0.2, 0.25) is 11.8 Å². The molecule has 4 atom stereocenters. The van der Waals surface area contributed by atoms with E-state index in [0.29, 0.717) is 6.42 Å². The van der Waals surface area contributed by atoms with Crippen molar-refractivity contribution < 1.29 is 47.3 Å². The molecule has 0 fully saturated rings. The van der Waals surface area contributed by atoms with Crippen LogP contribution in [0.15, 0.2) is 60.0 Å². The number of carbonyl (C=O) groups is 5. The minimum Gasteiger partial charge on any atom is -0.481 e. The number of benzene rings is 2. The van der Waals surface area contributed by atoms with Crippen LogP contribution in [0.1, 0.15) is 56.6 Å². The average Bonchev–Trinajstić information content (AvgIpc) is 3.31. The lowest BCUT2D eigenvalue weighted by atomic mass is 9.97. The van der Waals surface area contributed by atoms with Gasteiger partial charge in [-0.15, -0.1) is 0 Å². The molecule has 0 aliphatic heterocycles. The predicted octanol–water partition coefficient (Wildman–Crippen LogP) is 2.81. The maximum absolute atomic E-state index is 13.4. The van der Waals surface area contributed by atoms with Gasteiger partial charge in [-0.1, -0.05) is 74.9 Å². The van der Waals surface area contributed by atoms with E-state index in [4.69, 9.17) is 4.74 Å². The van der Waals surface area contributed by atoms with Gasteiger partial charge in [0.15, 0.2) is 9.84 Å². The molecule has 0 spiro atoms. The van der Waals surface area contributed by atoms with Crippen molar-refractivity contribution in [3.05, 3.63) is 71.1 Å². The lowest BCUT2D eigenvalue weighted by Gasteiger charge is -2.27. The van der Waals surface area contributed by atoms with Gasteiger partial charge in [0.1, 0.15) is 18.7 Å². The SMILES string of the molecule is CCC(C)[C@H](NC(=O)[C@H](CCC(=O)O)NC(=O)OCC1c2ccccc2-c2ccccc21)C(=O)N[C@H](/C=C/S(C)(=O)=O)CC(=O)O. The maximum Gasteiger partial charge on any atom is 0.407 e. The number of carboxylic acid groups (broad SMARTS) is 2. The highest BCUT2D eigenvalue weighted by atomic mass is 32.2. The summed E-state index contributed by atoms with van der Waals surface area (Å²) in [5.41, 5.74) is 4.01. The second-order valence-corrected chi connectivity index (χ2v) is 13.1. The normalized spacial score (nSPS) is 15.1. The minimum atomic E-state index is -3.62. The van der Waals surface area contributed by atoms with E-state index in [1.54, 1.807) is 13.8 Å². The fourth-order valence-electron chi connectivity index (χ4n) is 5.14. The first kappa shape index (κ1) is 35.8. The Morgan fingerprint density at radius 2 is 1.48 bits per heavy atom. The van der Waals surface area contributed by atoms with Crippen LogP contribution in [0.4, 0.5) is 4.79 Å². The summed E-state index contributed by atoms with van der Waals surface area (Å²) in [6.45, 7) is 3.37. The zero-order valence-corrected chi connectivity index (χ0v) is 26.6. The number of amides is 3. The van der Waals surface area contributed by atoms with Gasteiger partial charge in [-0.3, -0.25) is 19.2 Å². The van der Waals surface area contributed by atoms with E-state index in [9.17, 15) is 42.6 Å². The number of rotatable bonds is 16. The molecule has 1 aliphatic rings. The van der Waals surface area contributed by atoms with E-state index in [-0.39, 0.29) is 18.9 Å². The van der Waals surface area contributed by atoms with Gasteiger partial charge in [0.25, 0.3) is 0 Å². The van der Waals surface area contributed by atoms with E-state index in [2.05, 4.69) is 16.0 Å². The van der Waals surface area contributed by atoms with Crippen molar-refractivity contribution in [3.8, 4) is 11.1 Å². The number of hydrogen-bond donors (Lipinski definition) is 5. The van der Waals surface area contributed by atoms with Crippen molar-refractivity contribution in [1.29, 1.82) is 0 Å². The topological polar surface area (TPSA) is 205 Å². The van der Waals surface area contributed by atoms with Gasteiger partial charge in [-0.2, -0.15) is 0 Å². The largest absolute Gasteiger partial charge is 0.481 e. The molecular formula is C32H39N3O10S. The third-order valence-corrected chi connectivity index (χ3v) is 8.32. The first-order valence-corrected chi connectivity index (χ1v) is 16.7. The van der Waals surface area contributed by atoms with Crippen molar-refractivity contribution in [2.45, 2.75) is 63.6 Å². The van der Waals surface area contributed by atoms with Gasteiger partial charge in [0, 0.05) is 24.0 Å². The quantitative estimate of drug-likeness (QED) is 0.178. The molecule has 0 radical (unpaired) electrons. The summed E-state index contributed by atoms with van der Waals surface area (Å²) in [5, 5.41) is 26.7. The minimum absolute atomic E-state index is 0.0446. The molecule has 0 saturated heterocycles. The van der Waals surface area contributed by atoms with Crippen LogP contribution < -0.4 is 16.0 Å². The van der Waals surface area contributed by atoms with Crippen LogP contribution in [0.2, 0.25) is 0 Å². The van der Waals surface area contributed by atoms with Crippen molar-refractivity contribution in [3.63, 3.8) is 0 Å². The Kier molecular flexibility index (Phi) is 12.5. The van der Waals surface area contributed by atoms with Crippen LogP contribution in [0, 0.1) is 5.92 Å². The molecule has 5 N–H and O–H groups in total. The van der Waals surface area contributed by atoms with Gasteiger partial charge < -0.3 is 30.9 Å². The van der Waals surface area contributed by atoms with Gasteiger partial charge >= 0.3 is 18.0 Å².